The van der Waals surface area contributed by atoms with Gasteiger partial charge in [-0.15, -0.1) is 0 Å². The normalized spacial score (nSPS) is 23.4. The summed E-state index contributed by atoms with van der Waals surface area (Å²) in [5.74, 6) is -1.41. The largest absolute Gasteiger partial charge is 0.481 e. The first kappa shape index (κ1) is 13.6. The van der Waals surface area contributed by atoms with Crippen molar-refractivity contribution in [2.75, 3.05) is 6.54 Å². The van der Waals surface area contributed by atoms with Gasteiger partial charge in [0.25, 0.3) is 0 Å². The number of carboxylic acids is 1. The predicted octanol–water partition coefficient (Wildman–Crippen LogP) is 1.05. The van der Waals surface area contributed by atoms with E-state index in [0.29, 0.717) is 12.5 Å². The molecule has 0 saturated carbocycles. The summed E-state index contributed by atoms with van der Waals surface area (Å²) in [6.45, 7) is 4.60. The first-order valence-electron chi connectivity index (χ1n) is 6.42. The Morgan fingerprint density at radius 2 is 2.26 bits per heavy atom. The quantitative estimate of drug-likeness (QED) is 0.883. The first-order chi connectivity index (χ1) is 8.91. The van der Waals surface area contributed by atoms with Crippen molar-refractivity contribution in [2.45, 2.75) is 26.3 Å². The van der Waals surface area contributed by atoms with Crippen LogP contribution in [0.1, 0.15) is 32.0 Å². The molecule has 1 aliphatic heterocycles. The summed E-state index contributed by atoms with van der Waals surface area (Å²) in [5, 5.41) is 13.4. The Bertz CT molecular complexity index is 495. The van der Waals surface area contributed by atoms with Crippen LogP contribution in [0, 0.1) is 11.8 Å². The van der Waals surface area contributed by atoms with Crippen LogP contribution in [0.5, 0.6) is 0 Å². The zero-order chi connectivity index (χ0) is 14.2. The Morgan fingerprint density at radius 3 is 2.74 bits per heavy atom. The van der Waals surface area contributed by atoms with Crippen LogP contribution in [0.2, 0.25) is 0 Å². The first-order valence-corrected chi connectivity index (χ1v) is 6.42. The van der Waals surface area contributed by atoms with Gasteiger partial charge in [0.2, 0.25) is 5.91 Å². The number of aryl methyl sites for hydroxylation is 1. The topological polar surface area (TPSA) is 75.4 Å². The molecule has 1 aliphatic rings. The zero-order valence-corrected chi connectivity index (χ0v) is 11.4. The van der Waals surface area contributed by atoms with E-state index in [-0.39, 0.29) is 12.3 Å². The van der Waals surface area contributed by atoms with Crippen LogP contribution < -0.4 is 0 Å². The van der Waals surface area contributed by atoms with E-state index in [4.69, 9.17) is 0 Å². The SMILES string of the molecule is CC(C)CN1C(=O)CC(C(=O)O)C1c1ccnn1C. The lowest BCUT2D eigenvalue weighted by atomic mass is 9.97. The smallest absolute Gasteiger partial charge is 0.309 e. The Kier molecular flexibility index (Phi) is 3.59. The molecule has 1 amide bonds. The zero-order valence-electron chi connectivity index (χ0n) is 11.4. The van der Waals surface area contributed by atoms with Gasteiger partial charge < -0.3 is 10.0 Å². The highest BCUT2D eigenvalue weighted by molar-refractivity contribution is 5.87. The molecule has 0 bridgehead atoms. The molecule has 1 aromatic heterocycles. The van der Waals surface area contributed by atoms with Crippen molar-refractivity contribution in [2.24, 2.45) is 18.9 Å². The molecular weight excluding hydrogens is 246 g/mol. The van der Waals surface area contributed by atoms with Crippen molar-refractivity contribution in [3.63, 3.8) is 0 Å². The van der Waals surface area contributed by atoms with Gasteiger partial charge in [0, 0.05) is 26.2 Å². The summed E-state index contributed by atoms with van der Waals surface area (Å²) in [7, 11) is 1.77. The maximum absolute atomic E-state index is 12.1. The minimum atomic E-state index is -0.925. The fraction of sp³-hybridized carbons (Fsp3) is 0.615. The Balaban J connectivity index is 2.39. The third kappa shape index (κ3) is 2.47. The van der Waals surface area contributed by atoms with E-state index in [1.54, 1.807) is 28.9 Å². The fourth-order valence-electron chi connectivity index (χ4n) is 2.66. The molecule has 0 aromatic carbocycles. The number of rotatable bonds is 4. The van der Waals surface area contributed by atoms with Gasteiger partial charge in [-0.2, -0.15) is 5.10 Å². The van der Waals surface area contributed by atoms with Crippen molar-refractivity contribution in [3.8, 4) is 0 Å². The van der Waals surface area contributed by atoms with E-state index in [9.17, 15) is 14.7 Å². The Hall–Kier alpha value is -1.85. The average molecular weight is 265 g/mol. The lowest BCUT2D eigenvalue weighted by molar-refractivity contribution is -0.142. The third-order valence-corrected chi connectivity index (χ3v) is 3.47. The van der Waals surface area contributed by atoms with Crippen molar-refractivity contribution >= 4 is 11.9 Å². The van der Waals surface area contributed by atoms with Gasteiger partial charge in [0.1, 0.15) is 0 Å². The summed E-state index contributed by atoms with van der Waals surface area (Å²) in [6, 6.07) is 1.37. The molecule has 2 rings (SSSR count). The number of nitrogens with zero attached hydrogens (tertiary/aromatic N) is 3. The summed E-state index contributed by atoms with van der Waals surface area (Å²) in [6.07, 6.45) is 1.70. The number of carboxylic acid groups (broad SMARTS) is 1. The highest BCUT2D eigenvalue weighted by Crippen LogP contribution is 2.38. The number of carbonyl (C=O) groups is 2. The van der Waals surface area contributed by atoms with Crippen LogP contribution in [0.3, 0.4) is 0 Å². The van der Waals surface area contributed by atoms with Gasteiger partial charge in [-0.25, -0.2) is 0 Å². The van der Waals surface area contributed by atoms with E-state index >= 15 is 0 Å². The van der Waals surface area contributed by atoms with Crippen molar-refractivity contribution in [1.29, 1.82) is 0 Å². The minimum absolute atomic E-state index is 0.0674. The van der Waals surface area contributed by atoms with Crippen LogP contribution in [0.4, 0.5) is 0 Å². The number of amides is 1. The highest BCUT2D eigenvalue weighted by Gasteiger charge is 2.45. The average Bonchev–Trinajstić information content (AvgIpc) is 2.84. The third-order valence-electron chi connectivity index (χ3n) is 3.47. The Morgan fingerprint density at radius 1 is 1.58 bits per heavy atom. The molecule has 1 N–H and O–H groups in total. The summed E-state index contributed by atoms with van der Waals surface area (Å²) >= 11 is 0. The molecule has 19 heavy (non-hydrogen) atoms. The van der Waals surface area contributed by atoms with Gasteiger partial charge >= 0.3 is 5.97 Å². The van der Waals surface area contributed by atoms with E-state index in [0.717, 1.165) is 5.69 Å². The molecule has 0 spiro atoms. The molecule has 1 saturated heterocycles. The van der Waals surface area contributed by atoms with Crippen LogP contribution in [0.25, 0.3) is 0 Å². The fourth-order valence-corrected chi connectivity index (χ4v) is 2.66. The Labute approximate surface area is 112 Å². The lowest BCUT2D eigenvalue weighted by Gasteiger charge is -2.28. The van der Waals surface area contributed by atoms with Crippen LogP contribution in [-0.2, 0) is 16.6 Å². The molecule has 0 aliphatic carbocycles. The van der Waals surface area contributed by atoms with Crippen molar-refractivity contribution in [1.82, 2.24) is 14.7 Å². The predicted molar refractivity (Wildman–Crippen MR) is 68.2 cm³/mol. The number of carbonyl (C=O) groups excluding carboxylic acids is 1. The number of hydrogen-bond acceptors (Lipinski definition) is 3. The van der Waals surface area contributed by atoms with Crippen LogP contribution >= 0.6 is 0 Å². The van der Waals surface area contributed by atoms with Crippen LogP contribution in [0.15, 0.2) is 12.3 Å². The van der Waals surface area contributed by atoms with Gasteiger partial charge in [-0.3, -0.25) is 14.3 Å². The number of aliphatic carboxylic acids is 1. The highest BCUT2D eigenvalue weighted by atomic mass is 16.4. The molecule has 1 aromatic rings. The molecule has 2 heterocycles. The second-order valence-corrected chi connectivity index (χ2v) is 5.41. The molecular formula is C13H19N3O3. The minimum Gasteiger partial charge on any atom is -0.481 e. The summed E-state index contributed by atoms with van der Waals surface area (Å²) < 4.78 is 1.65. The van der Waals surface area contributed by atoms with Gasteiger partial charge in [0.05, 0.1) is 17.7 Å². The second kappa shape index (κ2) is 5.03. The number of hydrogen-bond donors (Lipinski definition) is 1. The molecule has 6 nitrogen and oxygen atoms in total. The summed E-state index contributed by atoms with van der Waals surface area (Å²) in [5.41, 5.74) is 0.777. The molecule has 2 atom stereocenters. The lowest BCUT2D eigenvalue weighted by Crippen LogP contribution is -2.34. The van der Waals surface area contributed by atoms with Gasteiger partial charge in [-0.05, 0) is 12.0 Å². The number of aromatic nitrogens is 2. The van der Waals surface area contributed by atoms with E-state index < -0.39 is 17.9 Å². The van der Waals surface area contributed by atoms with Gasteiger partial charge in [0.15, 0.2) is 0 Å². The molecule has 0 radical (unpaired) electrons. The van der Waals surface area contributed by atoms with Crippen LogP contribution in [-0.4, -0.2) is 38.2 Å². The van der Waals surface area contributed by atoms with E-state index in [2.05, 4.69) is 5.10 Å². The van der Waals surface area contributed by atoms with Gasteiger partial charge in [-0.1, -0.05) is 13.8 Å². The molecule has 2 unspecified atom stereocenters. The molecule has 104 valence electrons. The summed E-state index contributed by atoms with van der Waals surface area (Å²) in [4.78, 5) is 25.1. The molecule has 6 heteroatoms. The van der Waals surface area contributed by atoms with E-state index in [1.165, 1.54) is 0 Å². The second-order valence-electron chi connectivity index (χ2n) is 5.41. The standard InChI is InChI=1S/C13H19N3O3/c1-8(2)7-16-11(17)6-9(13(18)19)12(16)10-4-5-14-15(10)3/h4-5,8-9,12H,6-7H2,1-3H3,(H,18,19). The van der Waals surface area contributed by atoms with E-state index in [1.807, 2.05) is 13.8 Å². The maximum Gasteiger partial charge on any atom is 0.309 e. The maximum atomic E-state index is 12.1. The van der Waals surface area contributed by atoms with Crippen molar-refractivity contribution in [3.05, 3.63) is 18.0 Å². The number of likely N-dealkylation sites (tertiary alicyclic amines) is 1. The molecule has 1 fully saturated rings. The monoisotopic (exact) mass is 265 g/mol. The van der Waals surface area contributed by atoms with Crippen molar-refractivity contribution < 1.29 is 14.7 Å².